The van der Waals surface area contributed by atoms with E-state index >= 15 is 0 Å². The van der Waals surface area contributed by atoms with E-state index < -0.39 is 5.97 Å². The van der Waals surface area contributed by atoms with Crippen LogP contribution in [0.15, 0.2) is 30.5 Å². The Morgan fingerprint density at radius 1 is 1.15 bits per heavy atom. The van der Waals surface area contributed by atoms with E-state index in [0.717, 1.165) is 18.8 Å². The summed E-state index contributed by atoms with van der Waals surface area (Å²) in [5.74, 6) is -0.942. The Hall–Kier alpha value is -2.30. The third-order valence-corrected chi connectivity index (χ3v) is 3.81. The molecule has 3 rings (SSSR count). The lowest BCUT2D eigenvalue weighted by Gasteiger charge is -2.17. The third-order valence-electron chi connectivity index (χ3n) is 3.81. The highest BCUT2D eigenvalue weighted by molar-refractivity contribution is 5.88. The normalized spacial score (nSPS) is 14.8. The quantitative estimate of drug-likeness (QED) is 0.931. The second kappa shape index (κ2) is 5.00. The number of rotatable bonds is 3. The molecule has 5 nitrogen and oxygen atoms in total. The van der Waals surface area contributed by atoms with E-state index in [2.05, 4.69) is 22.1 Å². The molecule has 2 aromatic rings. The third kappa shape index (κ3) is 2.15. The molecule has 0 bridgehead atoms. The van der Waals surface area contributed by atoms with Crippen molar-refractivity contribution < 1.29 is 9.90 Å². The summed E-state index contributed by atoms with van der Waals surface area (Å²) in [7, 11) is 0. The van der Waals surface area contributed by atoms with Gasteiger partial charge in [-0.15, -0.1) is 0 Å². The molecule has 1 aromatic heterocycles. The molecule has 1 saturated heterocycles. The largest absolute Gasteiger partial charge is 0.478 e. The lowest BCUT2D eigenvalue weighted by molar-refractivity contribution is 0.0696. The fraction of sp³-hybridized carbons (Fsp3) is 0.333. The zero-order chi connectivity index (χ0) is 14.1. The number of hydrogen-bond donors (Lipinski definition) is 1. The number of carboxylic acids is 1. The molecule has 0 spiro atoms. The van der Waals surface area contributed by atoms with Crippen LogP contribution in [0.4, 0.5) is 5.69 Å². The Morgan fingerprint density at radius 2 is 1.75 bits per heavy atom. The van der Waals surface area contributed by atoms with Crippen molar-refractivity contribution in [3.8, 4) is 5.69 Å². The first-order valence-electron chi connectivity index (χ1n) is 6.80. The van der Waals surface area contributed by atoms with Crippen LogP contribution in [0, 0.1) is 6.92 Å². The number of nitrogens with zero attached hydrogens (tertiary/aromatic N) is 3. The van der Waals surface area contributed by atoms with Gasteiger partial charge in [-0.3, -0.25) is 0 Å². The van der Waals surface area contributed by atoms with Crippen molar-refractivity contribution in [3.05, 3.63) is 41.7 Å². The number of anilines is 1. The fourth-order valence-corrected chi connectivity index (χ4v) is 2.66. The average Bonchev–Trinajstić information content (AvgIpc) is 3.08. The molecule has 0 saturated carbocycles. The number of carboxylic acid groups (broad SMARTS) is 1. The summed E-state index contributed by atoms with van der Waals surface area (Å²) < 4.78 is 1.66. The number of hydrogen-bond acceptors (Lipinski definition) is 3. The summed E-state index contributed by atoms with van der Waals surface area (Å²) in [6.45, 7) is 4.00. The summed E-state index contributed by atoms with van der Waals surface area (Å²) in [4.78, 5) is 13.4. The van der Waals surface area contributed by atoms with Crippen molar-refractivity contribution in [2.24, 2.45) is 0 Å². The van der Waals surface area contributed by atoms with Crippen molar-refractivity contribution in [2.45, 2.75) is 19.8 Å². The maximum atomic E-state index is 11.0. The van der Waals surface area contributed by atoms with Crippen LogP contribution >= 0.6 is 0 Å². The molecular weight excluding hydrogens is 254 g/mol. The molecule has 1 aromatic carbocycles. The van der Waals surface area contributed by atoms with Gasteiger partial charge in [-0.05, 0) is 44.0 Å². The van der Waals surface area contributed by atoms with E-state index in [1.54, 1.807) is 11.6 Å². The van der Waals surface area contributed by atoms with Crippen LogP contribution in [0.2, 0.25) is 0 Å². The van der Waals surface area contributed by atoms with Gasteiger partial charge in [0.1, 0.15) is 5.56 Å². The zero-order valence-electron chi connectivity index (χ0n) is 11.4. The number of benzene rings is 1. The van der Waals surface area contributed by atoms with Crippen LogP contribution in [0.5, 0.6) is 0 Å². The summed E-state index contributed by atoms with van der Waals surface area (Å²) in [5.41, 5.74) is 2.99. The predicted molar refractivity (Wildman–Crippen MR) is 76.7 cm³/mol. The van der Waals surface area contributed by atoms with Gasteiger partial charge in [0.05, 0.1) is 17.6 Å². The molecule has 1 aliphatic heterocycles. The molecule has 1 N–H and O–H groups in total. The van der Waals surface area contributed by atoms with Gasteiger partial charge in [-0.1, -0.05) is 0 Å². The minimum Gasteiger partial charge on any atom is -0.478 e. The van der Waals surface area contributed by atoms with Gasteiger partial charge in [0.25, 0.3) is 0 Å². The Bertz CT molecular complexity index is 625. The smallest absolute Gasteiger partial charge is 0.339 e. The molecule has 1 aliphatic rings. The standard InChI is InChI=1S/C15H17N3O2/c1-11-14(15(19)20)10-16-18(11)13-6-4-12(5-7-13)17-8-2-3-9-17/h4-7,10H,2-3,8-9H2,1H3,(H,19,20). The lowest BCUT2D eigenvalue weighted by atomic mass is 10.2. The molecule has 2 heterocycles. The van der Waals surface area contributed by atoms with Crippen molar-refractivity contribution >= 4 is 11.7 Å². The maximum Gasteiger partial charge on any atom is 0.339 e. The highest BCUT2D eigenvalue weighted by Gasteiger charge is 2.15. The summed E-state index contributed by atoms with van der Waals surface area (Å²) in [5, 5.41) is 13.2. The van der Waals surface area contributed by atoms with Crippen LogP contribution in [0.25, 0.3) is 5.69 Å². The molecule has 0 radical (unpaired) electrons. The first kappa shape index (κ1) is 12.7. The van der Waals surface area contributed by atoms with Crippen molar-refractivity contribution in [1.29, 1.82) is 0 Å². The molecule has 104 valence electrons. The fourth-order valence-electron chi connectivity index (χ4n) is 2.66. The van der Waals surface area contributed by atoms with Gasteiger partial charge in [0, 0.05) is 18.8 Å². The lowest BCUT2D eigenvalue weighted by Crippen LogP contribution is -2.17. The number of aromatic carboxylic acids is 1. The van der Waals surface area contributed by atoms with Gasteiger partial charge in [-0.2, -0.15) is 5.10 Å². The van der Waals surface area contributed by atoms with Gasteiger partial charge >= 0.3 is 5.97 Å². The van der Waals surface area contributed by atoms with Crippen LogP contribution < -0.4 is 4.90 Å². The highest BCUT2D eigenvalue weighted by Crippen LogP contribution is 2.22. The molecule has 20 heavy (non-hydrogen) atoms. The molecule has 0 amide bonds. The highest BCUT2D eigenvalue weighted by atomic mass is 16.4. The maximum absolute atomic E-state index is 11.0. The Labute approximate surface area is 117 Å². The molecule has 0 aliphatic carbocycles. The van der Waals surface area contributed by atoms with E-state index in [1.807, 2.05) is 12.1 Å². The SMILES string of the molecule is Cc1c(C(=O)O)cnn1-c1ccc(N2CCCC2)cc1. The van der Waals surface area contributed by atoms with E-state index in [1.165, 1.54) is 24.7 Å². The average molecular weight is 271 g/mol. The van der Waals surface area contributed by atoms with Gasteiger partial charge in [-0.25, -0.2) is 9.48 Å². The molecule has 0 unspecified atom stereocenters. The van der Waals surface area contributed by atoms with E-state index in [4.69, 9.17) is 5.11 Å². The second-order valence-corrected chi connectivity index (χ2v) is 5.07. The molecular formula is C15H17N3O2. The van der Waals surface area contributed by atoms with Crippen LogP contribution in [-0.2, 0) is 0 Å². The second-order valence-electron chi connectivity index (χ2n) is 5.07. The summed E-state index contributed by atoms with van der Waals surface area (Å²) in [6, 6.07) is 8.11. The summed E-state index contributed by atoms with van der Waals surface area (Å²) in [6.07, 6.45) is 3.90. The number of carbonyl (C=O) groups is 1. The zero-order valence-corrected chi connectivity index (χ0v) is 11.4. The van der Waals surface area contributed by atoms with Gasteiger partial charge < -0.3 is 10.0 Å². The van der Waals surface area contributed by atoms with Crippen molar-refractivity contribution in [1.82, 2.24) is 9.78 Å². The monoisotopic (exact) mass is 271 g/mol. The number of aromatic nitrogens is 2. The van der Waals surface area contributed by atoms with Crippen molar-refractivity contribution in [3.63, 3.8) is 0 Å². The van der Waals surface area contributed by atoms with Crippen LogP contribution in [0.1, 0.15) is 28.9 Å². The summed E-state index contributed by atoms with van der Waals surface area (Å²) >= 11 is 0. The van der Waals surface area contributed by atoms with Gasteiger partial charge in [0.2, 0.25) is 0 Å². The topological polar surface area (TPSA) is 58.4 Å². The predicted octanol–water partition coefficient (Wildman–Crippen LogP) is 2.48. The van der Waals surface area contributed by atoms with E-state index in [-0.39, 0.29) is 5.56 Å². The Balaban J connectivity index is 1.89. The molecule has 1 fully saturated rings. The first-order valence-corrected chi connectivity index (χ1v) is 6.80. The molecule has 5 heteroatoms. The van der Waals surface area contributed by atoms with Gasteiger partial charge in [0.15, 0.2) is 0 Å². The van der Waals surface area contributed by atoms with Crippen molar-refractivity contribution in [2.75, 3.05) is 18.0 Å². The van der Waals surface area contributed by atoms with Crippen LogP contribution in [0.3, 0.4) is 0 Å². The first-order chi connectivity index (χ1) is 9.66. The van der Waals surface area contributed by atoms with E-state index in [0.29, 0.717) is 5.69 Å². The molecule has 0 atom stereocenters. The van der Waals surface area contributed by atoms with Crippen LogP contribution in [-0.4, -0.2) is 33.9 Å². The minimum atomic E-state index is -0.942. The van der Waals surface area contributed by atoms with E-state index in [9.17, 15) is 4.79 Å². The Kier molecular flexibility index (Phi) is 3.18. The minimum absolute atomic E-state index is 0.244. The Morgan fingerprint density at radius 3 is 2.30 bits per heavy atom.